The molecule has 10 heteroatoms. The molecule has 0 aliphatic carbocycles. The summed E-state index contributed by atoms with van der Waals surface area (Å²) in [6.45, 7) is 3.31. The first-order chi connectivity index (χ1) is 17.1. The van der Waals surface area contributed by atoms with E-state index < -0.39 is 11.7 Å². The molecule has 0 saturated heterocycles. The van der Waals surface area contributed by atoms with Crippen LogP contribution < -0.4 is 20.7 Å². The number of amides is 2. The van der Waals surface area contributed by atoms with E-state index in [4.69, 9.17) is 4.74 Å². The summed E-state index contributed by atoms with van der Waals surface area (Å²) in [5.74, 6) is -0.367. The number of carbonyl (C=O) groups is 2. The van der Waals surface area contributed by atoms with Crippen molar-refractivity contribution in [3.05, 3.63) is 65.0 Å². The molecule has 0 aliphatic heterocycles. The third kappa shape index (κ3) is 12.0. The number of unbranched alkanes of at least 4 members (excludes halogenated alkanes) is 2. The number of hydrogen-bond donors (Lipinski definition) is 3. The van der Waals surface area contributed by atoms with Crippen molar-refractivity contribution >= 4 is 11.8 Å². The highest BCUT2D eigenvalue weighted by Gasteiger charge is 2.30. The van der Waals surface area contributed by atoms with Gasteiger partial charge in [-0.2, -0.15) is 13.2 Å². The number of rotatable bonds is 15. The van der Waals surface area contributed by atoms with E-state index in [0.29, 0.717) is 56.8 Å². The molecule has 36 heavy (non-hydrogen) atoms. The molecular formula is C26H33F4N3O3. The SMILES string of the molecule is Cc1cc(F)cc(OCCCCCC(=O)NCC(=O)NCCCNCc2cccc(C(F)(F)F)c2)c1. The first-order valence-corrected chi connectivity index (χ1v) is 11.9. The molecule has 0 fully saturated rings. The Morgan fingerprint density at radius 1 is 0.917 bits per heavy atom. The number of carbonyl (C=O) groups excluding carboxylic acids is 2. The highest BCUT2D eigenvalue weighted by molar-refractivity contribution is 5.84. The molecule has 0 radical (unpaired) electrons. The zero-order valence-corrected chi connectivity index (χ0v) is 20.3. The van der Waals surface area contributed by atoms with Gasteiger partial charge in [-0.05, 0) is 68.5 Å². The van der Waals surface area contributed by atoms with Gasteiger partial charge in [0.2, 0.25) is 11.8 Å². The second-order valence-electron chi connectivity index (χ2n) is 8.48. The monoisotopic (exact) mass is 511 g/mol. The Bertz CT molecular complexity index is 963. The lowest BCUT2D eigenvalue weighted by atomic mass is 10.1. The van der Waals surface area contributed by atoms with Crippen LogP contribution in [0.1, 0.15) is 48.8 Å². The summed E-state index contributed by atoms with van der Waals surface area (Å²) in [6.07, 6.45) is -1.33. The van der Waals surface area contributed by atoms with E-state index in [9.17, 15) is 27.2 Å². The smallest absolute Gasteiger partial charge is 0.416 e. The van der Waals surface area contributed by atoms with Crippen LogP contribution in [0.3, 0.4) is 0 Å². The molecule has 0 aliphatic rings. The molecular weight excluding hydrogens is 478 g/mol. The molecule has 198 valence electrons. The van der Waals surface area contributed by atoms with Crippen LogP contribution in [0.25, 0.3) is 0 Å². The molecule has 2 aromatic rings. The number of hydrogen-bond acceptors (Lipinski definition) is 4. The number of aryl methyl sites for hydroxylation is 1. The predicted molar refractivity (Wildman–Crippen MR) is 129 cm³/mol. The van der Waals surface area contributed by atoms with Crippen molar-refractivity contribution in [3.63, 3.8) is 0 Å². The van der Waals surface area contributed by atoms with Crippen LogP contribution in [0.15, 0.2) is 42.5 Å². The maximum Gasteiger partial charge on any atom is 0.416 e. The van der Waals surface area contributed by atoms with Crippen LogP contribution in [-0.4, -0.2) is 38.1 Å². The van der Waals surface area contributed by atoms with E-state index >= 15 is 0 Å². The largest absolute Gasteiger partial charge is 0.493 e. The Kier molecular flexibility index (Phi) is 12.2. The van der Waals surface area contributed by atoms with Gasteiger partial charge in [0, 0.05) is 25.6 Å². The van der Waals surface area contributed by atoms with Crippen LogP contribution >= 0.6 is 0 Å². The predicted octanol–water partition coefficient (Wildman–Crippen LogP) is 4.50. The molecule has 0 saturated carbocycles. The van der Waals surface area contributed by atoms with Gasteiger partial charge in [0.15, 0.2) is 0 Å². The van der Waals surface area contributed by atoms with Gasteiger partial charge in [-0.3, -0.25) is 9.59 Å². The Balaban J connectivity index is 1.45. The van der Waals surface area contributed by atoms with E-state index in [0.717, 1.165) is 30.5 Å². The molecule has 2 rings (SSSR count). The van der Waals surface area contributed by atoms with Gasteiger partial charge in [-0.25, -0.2) is 4.39 Å². The first-order valence-electron chi connectivity index (χ1n) is 11.9. The van der Waals surface area contributed by atoms with Crippen LogP contribution in [0.4, 0.5) is 17.6 Å². The van der Waals surface area contributed by atoms with Crippen LogP contribution in [0.2, 0.25) is 0 Å². The molecule has 0 unspecified atom stereocenters. The summed E-state index contributed by atoms with van der Waals surface area (Å²) in [5, 5.41) is 8.30. The molecule has 0 heterocycles. The number of halogens is 4. The number of benzene rings is 2. The zero-order chi connectivity index (χ0) is 26.4. The van der Waals surface area contributed by atoms with E-state index in [1.807, 2.05) is 0 Å². The third-order valence-electron chi connectivity index (χ3n) is 5.21. The number of alkyl halides is 3. The van der Waals surface area contributed by atoms with Gasteiger partial charge in [0.25, 0.3) is 0 Å². The molecule has 6 nitrogen and oxygen atoms in total. The summed E-state index contributed by atoms with van der Waals surface area (Å²) in [6, 6.07) is 9.66. The lowest BCUT2D eigenvalue weighted by Gasteiger charge is -2.10. The van der Waals surface area contributed by atoms with E-state index in [1.165, 1.54) is 18.2 Å². The van der Waals surface area contributed by atoms with Crippen molar-refractivity contribution in [2.75, 3.05) is 26.2 Å². The molecule has 0 bridgehead atoms. The lowest BCUT2D eigenvalue weighted by Crippen LogP contribution is -2.37. The Morgan fingerprint density at radius 2 is 1.72 bits per heavy atom. The fourth-order valence-corrected chi connectivity index (χ4v) is 3.40. The van der Waals surface area contributed by atoms with E-state index in [1.54, 1.807) is 19.1 Å². The van der Waals surface area contributed by atoms with Crippen molar-refractivity contribution in [1.29, 1.82) is 0 Å². The normalized spacial score (nSPS) is 11.2. The van der Waals surface area contributed by atoms with Gasteiger partial charge >= 0.3 is 6.18 Å². The third-order valence-corrected chi connectivity index (χ3v) is 5.21. The molecule has 2 aromatic carbocycles. The topological polar surface area (TPSA) is 79.5 Å². The highest BCUT2D eigenvalue weighted by Crippen LogP contribution is 2.29. The molecule has 2 amide bonds. The second kappa shape index (κ2) is 15.1. The molecule has 3 N–H and O–H groups in total. The zero-order valence-electron chi connectivity index (χ0n) is 20.3. The van der Waals surface area contributed by atoms with Gasteiger partial charge in [0.1, 0.15) is 11.6 Å². The minimum absolute atomic E-state index is 0.113. The van der Waals surface area contributed by atoms with E-state index in [-0.39, 0.29) is 24.2 Å². The van der Waals surface area contributed by atoms with Crippen LogP contribution in [0, 0.1) is 12.7 Å². The average Bonchev–Trinajstić information content (AvgIpc) is 2.81. The minimum atomic E-state index is -4.37. The Morgan fingerprint density at radius 3 is 2.47 bits per heavy atom. The van der Waals surface area contributed by atoms with Crippen molar-refractivity contribution in [1.82, 2.24) is 16.0 Å². The summed E-state index contributed by atoms with van der Waals surface area (Å²) in [4.78, 5) is 23.7. The summed E-state index contributed by atoms with van der Waals surface area (Å²) in [7, 11) is 0. The van der Waals surface area contributed by atoms with E-state index in [2.05, 4.69) is 16.0 Å². The van der Waals surface area contributed by atoms with Gasteiger partial charge in [-0.15, -0.1) is 0 Å². The van der Waals surface area contributed by atoms with Crippen LogP contribution in [0.5, 0.6) is 5.75 Å². The van der Waals surface area contributed by atoms with Gasteiger partial charge in [0.05, 0.1) is 18.7 Å². The molecule has 0 spiro atoms. The summed E-state index contributed by atoms with van der Waals surface area (Å²) >= 11 is 0. The maximum atomic E-state index is 13.3. The summed E-state index contributed by atoms with van der Waals surface area (Å²) < 4.78 is 57.0. The second-order valence-corrected chi connectivity index (χ2v) is 8.48. The minimum Gasteiger partial charge on any atom is -0.493 e. The van der Waals surface area contributed by atoms with Crippen molar-refractivity contribution in [2.45, 2.75) is 51.7 Å². The lowest BCUT2D eigenvalue weighted by molar-refractivity contribution is -0.137. The maximum absolute atomic E-state index is 13.3. The number of ether oxygens (including phenoxy) is 1. The fraction of sp³-hybridized carbons (Fsp3) is 0.462. The summed E-state index contributed by atoms with van der Waals surface area (Å²) in [5.41, 5.74) is 0.642. The standard InChI is InChI=1S/C26H33F4N3O3/c1-19-13-22(27)16-23(14-19)36-12-4-2-3-9-24(34)33-18-25(35)32-11-6-10-31-17-20-7-5-8-21(15-20)26(28,29)30/h5,7-8,13-16,31H,2-4,6,9-12,17-18H2,1H3,(H,32,35)(H,33,34). The first kappa shape index (κ1) is 29.1. The number of nitrogens with one attached hydrogen (secondary N) is 3. The Hall–Kier alpha value is -3.14. The molecule has 0 aromatic heterocycles. The van der Waals surface area contributed by atoms with Crippen molar-refractivity contribution in [2.24, 2.45) is 0 Å². The van der Waals surface area contributed by atoms with Crippen molar-refractivity contribution in [3.8, 4) is 5.75 Å². The van der Waals surface area contributed by atoms with Crippen molar-refractivity contribution < 1.29 is 31.9 Å². The van der Waals surface area contributed by atoms with Gasteiger partial charge in [-0.1, -0.05) is 18.2 Å². The Labute approximate surface area is 208 Å². The van der Waals surface area contributed by atoms with Gasteiger partial charge < -0.3 is 20.7 Å². The van der Waals surface area contributed by atoms with Crippen LogP contribution in [-0.2, 0) is 22.3 Å². The highest BCUT2D eigenvalue weighted by atomic mass is 19.4. The average molecular weight is 512 g/mol. The molecule has 0 atom stereocenters. The fourth-order valence-electron chi connectivity index (χ4n) is 3.40. The quantitative estimate of drug-likeness (QED) is 0.243.